The van der Waals surface area contributed by atoms with Crippen LogP contribution in [-0.4, -0.2) is 35.7 Å². The second-order valence-corrected chi connectivity index (χ2v) is 8.74. The highest BCUT2D eigenvalue weighted by atomic mass is 79.9. The van der Waals surface area contributed by atoms with E-state index in [0.717, 1.165) is 16.7 Å². The van der Waals surface area contributed by atoms with Gasteiger partial charge in [-0.3, -0.25) is 19.3 Å². The predicted octanol–water partition coefficient (Wildman–Crippen LogP) is 5.14. The number of carbonyl (C=O) groups is 3. The Morgan fingerprint density at radius 2 is 1.87 bits per heavy atom. The summed E-state index contributed by atoms with van der Waals surface area (Å²) in [6.07, 6.45) is 1.54. The van der Waals surface area contributed by atoms with Crippen molar-refractivity contribution in [1.82, 2.24) is 4.90 Å². The first-order chi connectivity index (χ1) is 14.3. The van der Waals surface area contributed by atoms with Crippen LogP contribution in [0.5, 0.6) is 5.75 Å². The van der Waals surface area contributed by atoms with Crippen LogP contribution >= 0.6 is 43.6 Å². The zero-order chi connectivity index (χ0) is 21.8. The van der Waals surface area contributed by atoms with Crippen molar-refractivity contribution >= 4 is 66.8 Å². The number of nitrogens with zero attached hydrogens (tertiary/aromatic N) is 1. The van der Waals surface area contributed by atoms with E-state index in [1.165, 1.54) is 13.2 Å². The molecule has 0 N–H and O–H groups in total. The Bertz CT molecular complexity index is 1040. The van der Waals surface area contributed by atoms with E-state index in [0.29, 0.717) is 25.8 Å². The number of hydrogen-bond acceptors (Lipinski definition) is 6. The molecule has 0 atom stereocenters. The van der Waals surface area contributed by atoms with E-state index in [2.05, 4.69) is 36.6 Å². The maximum Gasteiger partial charge on any atom is 0.325 e. The number of carbonyl (C=O) groups excluding carboxylic acids is 3. The zero-order valence-electron chi connectivity index (χ0n) is 15.5. The number of halogens is 3. The van der Waals surface area contributed by atoms with E-state index in [9.17, 15) is 18.8 Å². The quantitative estimate of drug-likeness (QED) is 0.361. The van der Waals surface area contributed by atoms with Crippen LogP contribution in [0, 0.1) is 5.82 Å². The van der Waals surface area contributed by atoms with Gasteiger partial charge in [0.05, 0.1) is 21.0 Å². The summed E-state index contributed by atoms with van der Waals surface area (Å²) >= 11 is 7.57. The molecular formula is C20H14Br2FNO5S. The maximum absolute atomic E-state index is 13.8. The molecule has 0 aromatic heterocycles. The number of amides is 2. The van der Waals surface area contributed by atoms with Crippen LogP contribution in [-0.2, 0) is 20.9 Å². The van der Waals surface area contributed by atoms with Crippen molar-refractivity contribution in [2.45, 2.75) is 6.61 Å². The molecule has 1 aliphatic heterocycles. The normalized spacial score (nSPS) is 15.1. The van der Waals surface area contributed by atoms with Crippen molar-refractivity contribution in [2.75, 3.05) is 13.7 Å². The molecule has 0 saturated carbocycles. The van der Waals surface area contributed by atoms with Gasteiger partial charge in [-0.25, -0.2) is 4.39 Å². The van der Waals surface area contributed by atoms with E-state index in [1.807, 2.05) is 0 Å². The Labute approximate surface area is 192 Å². The molecule has 3 rings (SSSR count). The van der Waals surface area contributed by atoms with Gasteiger partial charge in [0.15, 0.2) is 0 Å². The summed E-state index contributed by atoms with van der Waals surface area (Å²) in [7, 11) is 1.18. The number of methoxy groups -OCH3 is 1. The van der Waals surface area contributed by atoms with Gasteiger partial charge in [-0.15, -0.1) is 0 Å². The lowest BCUT2D eigenvalue weighted by molar-refractivity contribution is -0.143. The summed E-state index contributed by atoms with van der Waals surface area (Å²) in [5.74, 6) is -1.14. The Kier molecular flexibility index (Phi) is 7.32. The van der Waals surface area contributed by atoms with Crippen molar-refractivity contribution in [3.05, 3.63) is 67.2 Å². The van der Waals surface area contributed by atoms with Crippen molar-refractivity contribution in [3.63, 3.8) is 0 Å². The number of thioether (sulfide) groups is 1. The summed E-state index contributed by atoms with van der Waals surface area (Å²) < 4.78 is 25.2. The average molecular weight is 559 g/mol. The molecule has 0 unspecified atom stereocenters. The minimum absolute atomic E-state index is 0.0373. The lowest BCUT2D eigenvalue weighted by Gasteiger charge is -2.12. The molecule has 1 fully saturated rings. The van der Waals surface area contributed by atoms with Crippen molar-refractivity contribution < 1.29 is 28.2 Å². The lowest BCUT2D eigenvalue weighted by Crippen LogP contribution is -2.34. The highest BCUT2D eigenvalue weighted by Gasteiger charge is 2.36. The second-order valence-electron chi connectivity index (χ2n) is 6.04. The van der Waals surface area contributed by atoms with Crippen LogP contribution in [0.15, 0.2) is 50.2 Å². The van der Waals surface area contributed by atoms with Gasteiger partial charge in [-0.2, -0.15) is 0 Å². The molecule has 1 saturated heterocycles. The van der Waals surface area contributed by atoms with Crippen LogP contribution in [0.4, 0.5) is 9.18 Å². The largest absolute Gasteiger partial charge is 0.486 e. The summed E-state index contributed by atoms with van der Waals surface area (Å²) in [6, 6.07) is 9.73. The molecule has 0 bridgehead atoms. The van der Waals surface area contributed by atoms with Crippen LogP contribution in [0.3, 0.4) is 0 Å². The molecular weight excluding hydrogens is 545 g/mol. The van der Waals surface area contributed by atoms with Gasteiger partial charge < -0.3 is 9.47 Å². The molecule has 6 nitrogen and oxygen atoms in total. The van der Waals surface area contributed by atoms with Gasteiger partial charge >= 0.3 is 5.97 Å². The SMILES string of the molecule is COC(=O)CN1C(=O)S/C(=C/c2cc(Br)c(OCc3ccccc3F)c(Br)c2)C1=O. The molecule has 0 radical (unpaired) electrons. The fourth-order valence-corrected chi connectivity index (χ4v) is 4.84. The van der Waals surface area contributed by atoms with Gasteiger partial charge in [-0.1, -0.05) is 18.2 Å². The molecule has 30 heavy (non-hydrogen) atoms. The number of ether oxygens (including phenoxy) is 2. The van der Waals surface area contributed by atoms with Crippen molar-refractivity contribution in [2.24, 2.45) is 0 Å². The molecule has 0 spiro atoms. The molecule has 156 valence electrons. The smallest absolute Gasteiger partial charge is 0.325 e. The highest BCUT2D eigenvalue weighted by molar-refractivity contribution is 9.11. The van der Waals surface area contributed by atoms with Gasteiger partial charge in [-0.05, 0) is 73.5 Å². The molecule has 2 aromatic carbocycles. The number of imide groups is 1. The monoisotopic (exact) mass is 557 g/mol. The van der Waals surface area contributed by atoms with E-state index in [-0.39, 0.29) is 17.3 Å². The molecule has 1 aliphatic rings. The Hall–Kier alpha value is -2.17. The van der Waals surface area contributed by atoms with Gasteiger partial charge in [0.2, 0.25) is 0 Å². The first-order valence-electron chi connectivity index (χ1n) is 8.47. The van der Waals surface area contributed by atoms with Crippen molar-refractivity contribution in [3.8, 4) is 5.75 Å². The molecule has 10 heteroatoms. The Morgan fingerprint density at radius 3 is 2.50 bits per heavy atom. The summed E-state index contributed by atoms with van der Waals surface area (Å²) in [5, 5.41) is -0.542. The minimum atomic E-state index is -0.680. The average Bonchev–Trinajstić information content (AvgIpc) is 2.95. The third kappa shape index (κ3) is 5.11. The third-order valence-corrected chi connectivity index (χ3v) is 6.12. The van der Waals surface area contributed by atoms with E-state index >= 15 is 0 Å². The predicted molar refractivity (Wildman–Crippen MR) is 117 cm³/mol. The number of esters is 1. The second kappa shape index (κ2) is 9.76. The summed E-state index contributed by atoms with van der Waals surface area (Å²) in [5.41, 5.74) is 1.04. The lowest BCUT2D eigenvalue weighted by atomic mass is 10.2. The Balaban J connectivity index is 1.78. The Morgan fingerprint density at radius 1 is 1.20 bits per heavy atom. The van der Waals surface area contributed by atoms with Crippen LogP contribution in [0.1, 0.15) is 11.1 Å². The molecule has 2 amide bonds. The first-order valence-corrected chi connectivity index (χ1v) is 10.9. The van der Waals surface area contributed by atoms with E-state index < -0.39 is 23.7 Å². The van der Waals surface area contributed by atoms with Crippen LogP contribution in [0.25, 0.3) is 6.08 Å². The third-order valence-electron chi connectivity index (χ3n) is 4.04. The summed E-state index contributed by atoms with van der Waals surface area (Å²) in [6.45, 7) is -0.398. The van der Waals surface area contributed by atoms with Gasteiger partial charge in [0.1, 0.15) is 24.7 Å². The number of benzene rings is 2. The van der Waals surface area contributed by atoms with E-state index in [1.54, 1.807) is 36.4 Å². The molecule has 0 aliphatic carbocycles. The first kappa shape index (κ1) is 22.5. The van der Waals surface area contributed by atoms with Gasteiger partial charge in [0, 0.05) is 5.56 Å². The fraction of sp³-hybridized carbons (Fsp3) is 0.150. The van der Waals surface area contributed by atoms with Crippen molar-refractivity contribution in [1.29, 1.82) is 0 Å². The van der Waals surface area contributed by atoms with Crippen LogP contribution < -0.4 is 4.74 Å². The molecule has 2 aromatic rings. The van der Waals surface area contributed by atoms with Crippen LogP contribution in [0.2, 0.25) is 0 Å². The zero-order valence-corrected chi connectivity index (χ0v) is 19.5. The van der Waals surface area contributed by atoms with E-state index in [4.69, 9.17) is 4.74 Å². The number of rotatable bonds is 6. The topological polar surface area (TPSA) is 72.9 Å². The van der Waals surface area contributed by atoms with Gasteiger partial charge in [0.25, 0.3) is 11.1 Å². The maximum atomic E-state index is 13.8. The highest BCUT2D eigenvalue weighted by Crippen LogP contribution is 2.38. The fourth-order valence-electron chi connectivity index (χ4n) is 2.55. The minimum Gasteiger partial charge on any atom is -0.486 e. The molecule has 1 heterocycles. The summed E-state index contributed by atoms with van der Waals surface area (Å²) in [4.78, 5) is 36.9. The standard InChI is InChI=1S/C20H14Br2FNO5S/c1-28-17(25)9-24-19(26)16(30-20(24)27)8-11-6-13(21)18(14(22)7-11)29-10-12-4-2-3-5-15(12)23/h2-8H,9-10H2,1H3/b16-8+. The number of hydrogen-bond donors (Lipinski definition) is 0.